The maximum absolute atomic E-state index is 12.8. The minimum atomic E-state index is -0.00968. The van der Waals surface area contributed by atoms with Gasteiger partial charge in [0.2, 0.25) is 0 Å². The number of nitrogens with zero attached hydrogens (tertiary/aromatic N) is 3. The van der Waals surface area contributed by atoms with Crippen molar-refractivity contribution >= 4 is 51.1 Å². The molecule has 2 N–H and O–H groups in total. The first-order valence-corrected chi connectivity index (χ1v) is 12.4. The maximum atomic E-state index is 12.8. The number of nitrogens with one attached hydrogen (secondary N) is 2. The monoisotopic (exact) mass is 479 g/mol. The SMILES string of the molecule is CC(C)N1CCC(NC(=O)c2cc(-n3ncc4cc(Nc5ccccc5Cl)ccc43)cs2)C1. The van der Waals surface area contributed by atoms with E-state index >= 15 is 0 Å². The molecule has 1 aliphatic heterocycles. The Morgan fingerprint density at radius 1 is 1.21 bits per heavy atom. The van der Waals surface area contributed by atoms with Crippen LogP contribution in [0.25, 0.3) is 16.6 Å². The number of anilines is 2. The van der Waals surface area contributed by atoms with Gasteiger partial charge >= 0.3 is 0 Å². The lowest BCUT2D eigenvalue weighted by Crippen LogP contribution is -2.38. The number of para-hydroxylation sites is 1. The fraction of sp³-hybridized carbons (Fsp3) is 0.280. The molecule has 1 unspecified atom stereocenters. The number of thiophene rings is 1. The number of amides is 1. The van der Waals surface area contributed by atoms with Gasteiger partial charge in [-0.1, -0.05) is 23.7 Å². The van der Waals surface area contributed by atoms with E-state index in [2.05, 4.69) is 34.5 Å². The lowest BCUT2D eigenvalue weighted by atomic mass is 10.2. The van der Waals surface area contributed by atoms with Crippen LogP contribution < -0.4 is 10.6 Å². The first-order valence-electron chi connectivity index (χ1n) is 11.1. The summed E-state index contributed by atoms with van der Waals surface area (Å²) in [4.78, 5) is 15.9. The van der Waals surface area contributed by atoms with Crippen molar-refractivity contribution in [2.45, 2.75) is 32.4 Å². The van der Waals surface area contributed by atoms with Crippen LogP contribution in [-0.4, -0.2) is 45.8 Å². The van der Waals surface area contributed by atoms with Gasteiger partial charge in [-0.2, -0.15) is 5.10 Å². The molecule has 2 aromatic heterocycles. The zero-order valence-electron chi connectivity index (χ0n) is 18.6. The Balaban J connectivity index is 1.31. The van der Waals surface area contributed by atoms with Crippen LogP contribution in [0.5, 0.6) is 0 Å². The van der Waals surface area contributed by atoms with Crippen LogP contribution in [0, 0.1) is 0 Å². The second-order valence-electron chi connectivity index (χ2n) is 8.65. The normalized spacial score (nSPS) is 16.5. The van der Waals surface area contributed by atoms with Crippen molar-refractivity contribution in [2.75, 3.05) is 18.4 Å². The summed E-state index contributed by atoms with van der Waals surface area (Å²) in [5.41, 5.74) is 3.67. The van der Waals surface area contributed by atoms with Crippen molar-refractivity contribution in [3.8, 4) is 5.69 Å². The number of rotatable bonds is 6. The second-order valence-corrected chi connectivity index (χ2v) is 9.97. The predicted octanol–water partition coefficient (Wildman–Crippen LogP) is 5.70. The van der Waals surface area contributed by atoms with E-state index in [0.717, 1.165) is 47.5 Å². The van der Waals surface area contributed by atoms with Crippen molar-refractivity contribution in [3.05, 3.63) is 70.0 Å². The number of carbonyl (C=O) groups excluding carboxylic acids is 1. The third-order valence-corrected chi connectivity index (χ3v) is 7.31. The van der Waals surface area contributed by atoms with Crippen molar-refractivity contribution in [1.29, 1.82) is 0 Å². The molecule has 33 heavy (non-hydrogen) atoms. The smallest absolute Gasteiger partial charge is 0.261 e. The van der Waals surface area contributed by atoms with E-state index in [1.54, 1.807) is 0 Å². The van der Waals surface area contributed by atoms with E-state index in [4.69, 9.17) is 11.6 Å². The van der Waals surface area contributed by atoms with E-state index in [9.17, 15) is 4.79 Å². The third-order valence-electron chi connectivity index (χ3n) is 6.06. The molecule has 1 amide bonds. The summed E-state index contributed by atoms with van der Waals surface area (Å²) in [7, 11) is 0. The average molecular weight is 480 g/mol. The second kappa shape index (κ2) is 9.17. The molecule has 6 nitrogen and oxygen atoms in total. The predicted molar refractivity (Wildman–Crippen MR) is 136 cm³/mol. The minimum absolute atomic E-state index is 0.00968. The number of hydrogen-bond acceptors (Lipinski definition) is 5. The number of hydrogen-bond donors (Lipinski definition) is 2. The Morgan fingerprint density at radius 3 is 2.85 bits per heavy atom. The van der Waals surface area contributed by atoms with Gasteiger partial charge in [-0.05, 0) is 56.7 Å². The van der Waals surface area contributed by atoms with Crippen LogP contribution in [0.4, 0.5) is 11.4 Å². The average Bonchev–Trinajstić information content (AvgIpc) is 3.54. The van der Waals surface area contributed by atoms with Crippen LogP contribution in [0.3, 0.4) is 0 Å². The van der Waals surface area contributed by atoms with Gasteiger partial charge in [0, 0.05) is 41.6 Å². The fourth-order valence-electron chi connectivity index (χ4n) is 4.22. The van der Waals surface area contributed by atoms with Crippen LogP contribution in [0.1, 0.15) is 29.9 Å². The Kier molecular flexibility index (Phi) is 6.10. The molecular formula is C25H26ClN5OS. The zero-order valence-corrected chi connectivity index (χ0v) is 20.2. The van der Waals surface area contributed by atoms with E-state index < -0.39 is 0 Å². The van der Waals surface area contributed by atoms with E-state index in [1.165, 1.54) is 11.3 Å². The molecule has 0 aliphatic carbocycles. The molecule has 8 heteroatoms. The Bertz CT molecular complexity index is 1300. The lowest BCUT2D eigenvalue weighted by Gasteiger charge is -2.20. The number of likely N-dealkylation sites (tertiary alicyclic amines) is 1. The number of carbonyl (C=O) groups is 1. The van der Waals surface area contributed by atoms with E-state index in [0.29, 0.717) is 15.9 Å². The molecule has 0 saturated carbocycles. The third kappa shape index (κ3) is 4.62. The zero-order chi connectivity index (χ0) is 22.9. The van der Waals surface area contributed by atoms with E-state index in [1.807, 2.05) is 64.8 Å². The molecule has 1 aliphatic rings. The van der Waals surface area contributed by atoms with Crippen molar-refractivity contribution in [2.24, 2.45) is 0 Å². The molecule has 1 fully saturated rings. The van der Waals surface area contributed by atoms with Crippen LogP contribution in [0.2, 0.25) is 5.02 Å². The molecule has 3 heterocycles. The molecule has 0 bridgehead atoms. The Hall–Kier alpha value is -2.87. The molecule has 4 aromatic rings. The molecule has 0 radical (unpaired) electrons. The summed E-state index contributed by atoms with van der Waals surface area (Å²) in [6, 6.07) is 16.4. The summed E-state index contributed by atoms with van der Waals surface area (Å²) >= 11 is 7.71. The number of fused-ring (bicyclic) bond motifs is 1. The van der Waals surface area contributed by atoms with Gasteiger partial charge in [-0.3, -0.25) is 9.69 Å². The highest BCUT2D eigenvalue weighted by molar-refractivity contribution is 7.12. The lowest BCUT2D eigenvalue weighted by molar-refractivity contribution is 0.0941. The summed E-state index contributed by atoms with van der Waals surface area (Å²) in [6.45, 7) is 6.33. The molecule has 1 atom stereocenters. The van der Waals surface area contributed by atoms with Crippen molar-refractivity contribution in [3.63, 3.8) is 0 Å². The van der Waals surface area contributed by atoms with Crippen LogP contribution >= 0.6 is 22.9 Å². The standard InChI is InChI=1S/C25H26ClN5OS/c1-16(2)30-10-9-19(14-30)29-25(32)24-12-20(15-33-24)31-23-8-7-18(11-17(23)13-27-31)28-22-6-4-3-5-21(22)26/h3-8,11-13,15-16,19,28H,9-10,14H2,1-2H3,(H,29,32). The van der Waals surface area contributed by atoms with Crippen LogP contribution in [0.15, 0.2) is 60.1 Å². The molecular weight excluding hydrogens is 454 g/mol. The molecule has 0 spiro atoms. The maximum Gasteiger partial charge on any atom is 0.261 e. The summed E-state index contributed by atoms with van der Waals surface area (Å²) in [5, 5.41) is 14.8. The summed E-state index contributed by atoms with van der Waals surface area (Å²) < 4.78 is 1.87. The Morgan fingerprint density at radius 2 is 2.06 bits per heavy atom. The first kappa shape index (κ1) is 21.9. The van der Waals surface area contributed by atoms with Crippen molar-refractivity contribution < 1.29 is 4.79 Å². The van der Waals surface area contributed by atoms with Gasteiger partial charge < -0.3 is 10.6 Å². The number of halogens is 1. The van der Waals surface area contributed by atoms with Gasteiger partial charge in [0.15, 0.2) is 0 Å². The van der Waals surface area contributed by atoms with E-state index in [-0.39, 0.29) is 11.9 Å². The van der Waals surface area contributed by atoms with Gasteiger partial charge in [0.25, 0.3) is 5.91 Å². The number of aromatic nitrogens is 2. The highest BCUT2D eigenvalue weighted by atomic mass is 35.5. The van der Waals surface area contributed by atoms with Gasteiger partial charge in [-0.15, -0.1) is 11.3 Å². The van der Waals surface area contributed by atoms with Gasteiger partial charge in [-0.25, -0.2) is 4.68 Å². The van der Waals surface area contributed by atoms with Crippen molar-refractivity contribution in [1.82, 2.24) is 20.0 Å². The Labute approximate surface area is 202 Å². The quantitative estimate of drug-likeness (QED) is 0.372. The largest absolute Gasteiger partial charge is 0.354 e. The summed E-state index contributed by atoms with van der Waals surface area (Å²) in [5.74, 6) is -0.00968. The molecule has 170 valence electrons. The fourth-order valence-corrected chi connectivity index (χ4v) is 5.17. The molecule has 5 rings (SSSR count). The van der Waals surface area contributed by atoms with Gasteiger partial charge in [0.1, 0.15) is 0 Å². The number of benzene rings is 2. The highest BCUT2D eigenvalue weighted by Crippen LogP contribution is 2.29. The molecule has 1 saturated heterocycles. The highest BCUT2D eigenvalue weighted by Gasteiger charge is 2.26. The summed E-state index contributed by atoms with van der Waals surface area (Å²) in [6.07, 6.45) is 2.83. The first-order chi connectivity index (χ1) is 16.0. The topological polar surface area (TPSA) is 62.2 Å². The van der Waals surface area contributed by atoms with Crippen LogP contribution in [-0.2, 0) is 0 Å². The molecule has 2 aromatic carbocycles. The van der Waals surface area contributed by atoms with Gasteiger partial charge in [0.05, 0.1) is 33.0 Å². The minimum Gasteiger partial charge on any atom is -0.354 e.